The number of benzene rings is 1. The number of anilines is 1. The highest BCUT2D eigenvalue weighted by Gasteiger charge is 2.22. The maximum absolute atomic E-state index is 12.1. The standard InChI is InChI=1S/C11H17ClN2O3S/c1-3-8(6-15)14-18(16,17)11-5-10(13)7(2)4-9(11)12/h4-5,8,14-15H,3,6,13H2,1-2H3/t8-/m1/s1. The summed E-state index contributed by atoms with van der Waals surface area (Å²) in [6.07, 6.45) is 0.481. The number of nitrogen functional groups attached to an aromatic ring is 1. The van der Waals surface area contributed by atoms with Crippen LogP contribution in [-0.4, -0.2) is 26.2 Å². The lowest BCUT2D eigenvalue weighted by Crippen LogP contribution is -2.37. The van der Waals surface area contributed by atoms with E-state index in [4.69, 9.17) is 22.4 Å². The van der Waals surface area contributed by atoms with E-state index in [9.17, 15) is 8.42 Å². The Morgan fingerprint density at radius 3 is 2.61 bits per heavy atom. The second-order valence-electron chi connectivity index (χ2n) is 4.05. The lowest BCUT2D eigenvalue weighted by molar-refractivity contribution is 0.254. The van der Waals surface area contributed by atoms with Crippen molar-refractivity contribution in [3.8, 4) is 0 Å². The van der Waals surface area contributed by atoms with Gasteiger partial charge in [0.1, 0.15) is 4.90 Å². The molecule has 1 atom stereocenters. The van der Waals surface area contributed by atoms with Gasteiger partial charge in [0.15, 0.2) is 0 Å². The molecule has 1 rings (SSSR count). The Bertz CT molecular complexity index is 527. The monoisotopic (exact) mass is 292 g/mol. The molecule has 0 saturated heterocycles. The van der Waals surface area contributed by atoms with Crippen molar-refractivity contribution in [2.24, 2.45) is 0 Å². The molecule has 0 aliphatic carbocycles. The zero-order valence-electron chi connectivity index (χ0n) is 10.3. The van der Waals surface area contributed by atoms with Crippen LogP contribution in [0.3, 0.4) is 0 Å². The molecule has 0 saturated carbocycles. The molecule has 0 radical (unpaired) electrons. The molecule has 0 aliphatic heterocycles. The quantitative estimate of drug-likeness (QED) is 0.713. The molecule has 0 aliphatic rings. The van der Waals surface area contributed by atoms with E-state index in [2.05, 4.69) is 4.72 Å². The maximum atomic E-state index is 12.1. The van der Waals surface area contributed by atoms with Crippen molar-refractivity contribution < 1.29 is 13.5 Å². The largest absolute Gasteiger partial charge is 0.398 e. The summed E-state index contributed by atoms with van der Waals surface area (Å²) in [6.45, 7) is 3.25. The summed E-state index contributed by atoms with van der Waals surface area (Å²) in [6, 6.07) is 2.30. The number of aliphatic hydroxyl groups excluding tert-OH is 1. The Morgan fingerprint density at radius 2 is 2.11 bits per heavy atom. The molecule has 4 N–H and O–H groups in total. The van der Waals surface area contributed by atoms with E-state index < -0.39 is 16.1 Å². The van der Waals surface area contributed by atoms with Gasteiger partial charge in [-0.2, -0.15) is 0 Å². The normalized spacial score (nSPS) is 13.6. The van der Waals surface area contributed by atoms with Crippen molar-refractivity contribution in [2.75, 3.05) is 12.3 Å². The molecule has 0 spiro atoms. The van der Waals surface area contributed by atoms with Gasteiger partial charge in [0.25, 0.3) is 0 Å². The fourth-order valence-corrected chi connectivity index (χ4v) is 3.33. The Morgan fingerprint density at radius 1 is 1.50 bits per heavy atom. The van der Waals surface area contributed by atoms with Crippen LogP contribution in [0.15, 0.2) is 17.0 Å². The first-order valence-electron chi connectivity index (χ1n) is 5.50. The fourth-order valence-electron chi connectivity index (χ4n) is 1.41. The van der Waals surface area contributed by atoms with Crippen molar-refractivity contribution in [3.05, 3.63) is 22.7 Å². The zero-order valence-corrected chi connectivity index (χ0v) is 11.8. The van der Waals surface area contributed by atoms with Crippen LogP contribution >= 0.6 is 11.6 Å². The second-order valence-corrected chi connectivity index (χ2v) is 6.14. The molecular formula is C11H17ClN2O3S. The number of aryl methyl sites for hydroxylation is 1. The molecule has 1 aromatic rings. The van der Waals surface area contributed by atoms with E-state index in [-0.39, 0.29) is 16.5 Å². The molecule has 5 nitrogen and oxygen atoms in total. The average Bonchev–Trinajstić information content (AvgIpc) is 2.30. The van der Waals surface area contributed by atoms with Crippen LogP contribution in [0.4, 0.5) is 5.69 Å². The number of nitrogens with one attached hydrogen (secondary N) is 1. The van der Waals surface area contributed by atoms with Crippen LogP contribution in [0.2, 0.25) is 5.02 Å². The number of rotatable bonds is 5. The Hall–Kier alpha value is -0.820. The summed E-state index contributed by atoms with van der Waals surface area (Å²) in [5, 5.41) is 9.13. The number of hydrogen-bond acceptors (Lipinski definition) is 4. The summed E-state index contributed by atoms with van der Waals surface area (Å²) in [5.41, 5.74) is 6.76. The highest BCUT2D eigenvalue weighted by molar-refractivity contribution is 7.89. The number of aliphatic hydroxyl groups is 1. The summed E-state index contributed by atoms with van der Waals surface area (Å²) in [4.78, 5) is -0.0702. The maximum Gasteiger partial charge on any atom is 0.242 e. The first-order chi connectivity index (χ1) is 8.31. The van der Waals surface area contributed by atoms with E-state index >= 15 is 0 Å². The molecule has 102 valence electrons. The predicted molar refractivity (Wildman–Crippen MR) is 72.1 cm³/mol. The van der Waals surface area contributed by atoms with E-state index in [0.717, 1.165) is 0 Å². The lowest BCUT2D eigenvalue weighted by atomic mass is 10.2. The van der Waals surface area contributed by atoms with Gasteiger partial charge in [0.2, 0.25) is 10.0 Å². The van der Waals surface area contributed by atoms with Crippen molar-refractivity contribution in [1.82, 2.24) is 4.72 Å². The first-order valence-corrected chi connectivity index (χ1v) is 7.36. The summed E-state index contributed by atoms with van der Waals surface area (Å²) < 4.78 is 26.5. The minimum Gasteiger partial charge on any atom is -0.398 e. The van der Waals surface area contributed by atoms with Gasteiger partial charge in [-0.15, -0.1) is 0 Å². The van der Waals surface area contributed by atoms with E-state index in [0.29, 0.717) is 17.7 Å². The number of sulfonamides is 1. The van der Waals surface area contributed by atoms with Gasteiger partial charge in [-0.3, -0.25) is 0 Å². The first kappa shape index (κ1) is 15.2. The average molecular weight is 293 g/mol. The molecule has 1 aromatic carbocycles. The van der Waals surface area contributed by atoms with Gasteiger partial charge in [-0.05, 0) is 31.0 Å². The van der Waals surface area contributed by atoms with Crippen molar-refractivity contribution in [3.63, 3.8) is 0 Å². The number of hydrogen-bond donors (Lipinski definition) is 3. The highest BCUT2D eigenvalue weighted by Crippen LogP contribution is 2.26. The molecule has 0 amide bonds. The molecule has 0 bridgehead atoms. The summed E-state index contributed by atoms with van der Waals surface area (Å²) >= 11 is 5.92. The van der Waals surface area contributed by atoms with Crippen LogP contribution in [-0.2, 0) is 10.0 Å². The van der Waals surface area contributed by atoms with E-state index in [1.54, 1.807) is 13.8 Å². The van der Waals surface area contributed by atoms with Gasteiger partial charge in [-0.1, -0.05) is 18.5 Å². The van der Waals surface area contributed by atoms with Gasteiger partial charge >= 0.3 is 0 Å². The summed E-state index contributed by atoms with van der Waals surface area (Å²) in [7, 11) is -3.78. The zero-order chi connectivity index (χ0) is 13.9. The van der Waals surface area contributed by atoms with E-state index in [1.807, 2.05) is 0 Å². The molecule has 0 fully saturated rings. The third-order valence-electron chi connectivity index (χ3n) is 2.65. The minimum atomic E-state index is -3.78. The van der Waals surface area contributed by atoms with Gasteiger partial charge < -0.3 is 10.8 Å². The number of nitrogens with two attached hydrogens (primary N) is 1. The fraction of sp³-hybridized carbons (Fsp3) is 0.455. The Kier molecular flexibility index (Phi) is 4.98. The van der Waals surface area contributed by atoms with Gasteiger partial charge in [0.05, 0.1) is 11.6 Å². The van der Waals surface area contributed by atoms with Crippen molar-refractivity contribution in [2.45, 2.75) is 31.2 Å². The topological polar surface area (TPSA) is 92.4 Å². The SMILES string of the molecule is CC[C@H](CO)NS(=O)(=O)c1cc(N)c(C)cc1Cl. The molecular weight excluding hydrogens is 276 g/mol. The van der Waals surface area contributed by atoms with Gasteiger partial charge in [-0.25, -0.2) is 13.1 Å². The van der Waals surface area contributed by atoms with Crippen LogP contribution in [0.1, 0.15) is 18.9 Å². The lowest BCUT2D eigenvalue weighted by Gasteiger charge is -2.16. The smallest absolute Gasteiger partial charge is 0.242 e. The van der Waals surface area contributed by atoms with Gasteiger partial charge in [0, 0.05) is 11.7 Å². The molecule has 0 aromatic heterocycles. The molecule has 7 heteroatoms. The van der Waals surface area contributed by atoms with Crippen LogP contribution in [0, 0.1) is 6.92 Å². The third-order valence-corrected chi connectivity index (χ3v) is 4.63. The molecule has 18 heavy (non-hydrogen) atoms. The summed E-state index contributed by atoms with van der Waals surface area (Å²) in [5.74, 6) is 0. The molecule has 0 unspecified atom stereocenters. The van der Waals surface area contributed by atoms with Crippen molar-refractivity contribution in [1.29, 1.82) is 0 Å². The highest BCUT2D eigenvalue weighted by atomic mass is 35.5. The van der Waals surface area contributed by atoms with Crippen LogP contribution in [0.25, 0.3) is 0 Å². The molecule has 0 heterocycles. The van der Waals surface area contributed by atoms with Crippen LogP contribution < -0.4 is 10.5 Å². The number of halogens is 1. The van der Waals surface area contributed by atoms with Crippen molar-refractivity contribution >= 4 is 27.3 Å². The minimum absolute atomic E-state index is 0.0702. The van der Waals surface area contributed by atoms with Crippen LogP contribution in [0.5, 0.6) is 0 Å². The second kappa shape index (κ2) is 5.88. The Balaban J connectivity index is 3.16. The predicted octanol–water partition coefficient (Wildman–Crippen LogP) is 1.28. The third kappa shape index (κ3) is 3.35. The Labute approximate surface area is 112 Å². The van der Waals surface area contributed by atoms with E-state index in [1.165, 1.54) is 12.1 Å².